The minimum atomic E-state index is -0.110. The van der Waals surface area contributed by atoms with Crippen molar-refractivity contribution < 1.29 is 14.3 Å². The molecule has 0 unspecified atom stereocenters. The Morgan fingerprint density at radius 1 is 1.16 bits per heavy atom. The second-order valence-corrected chi connectivity index (χ2v) is 6.65. The molecule has 1 aromatic heterocycles. The van der Waals surface area contributed by atoms with E-state index in [1.54, 1.807) is 31.6 Å². The van der Waals surface area contributed by atoms with Crippen molar-refractivity contribution in [2.24, 2.45) is 0 Å². The van der Waals surface area contributed by atoms with Crippen molar-refractivity contribution in [2.45, 2.75) is 6.54 Å². The Labute approximate surface area is 152 Å². The fourth-order valence-electron chi connectivity index (χ4n) is 2.93. The molecule has 7 heteroatoms. The van der Waals surface area contributed by atoms with Gasteiger partial charge in [0.05, 0.1) is 19.9 Å². The molecule has 0 bridgehead atoms. The highest BCUT2D eigenvalue weighted by Crippen LogP contribution is 2.34. The summed E-state index contributed by atoms with van der Waals surface area (Å²) in [5.41, 5.74) is 1.96. The third-order valence-corrected chi connectivity index (χ3v) is 5.02. The molecule has 2 amide bonds. The third kappa shape index (κ3) is 4.24. The van der Waals surface area contributed by atoms with Crippen LogP contribution in [0.5, 0.6) is 11.5 Å². The van der Waals surface area contributed by atoms with Crippen molar-refractivity contribution in [1.82, 2.24) is 9.80 Å². The van der Waals surface area contributed by atoms with E-state index in [0.717, 1.165) is 19.6 Å². The van der Waals surface area contributed by atoms with Gasteiger partial charge in [0.1, 0.15) is 0 Å². The van der Waals surface area contributed by atoms with Gasteiger partial charge in [-0.3, -0.25) is 4.90 Å². The number of nitrogens with one attached hydrogen (secondary N) is 1. The smallest absolute Gasteiger partial charge is 0.322 e. The Hall–Kier alpha value is -2.25. The molecule has 3 rings (SSSR count). The molecule has 0 aliphatic carbocycles. The highest BCUT2D eigenvalue weighted by atomic mass is 32.1. The number of thiophene rings is 1. The number of amides is 2. The zero-order chi connectivity index (χ0) is 17.6. The summed E-state index contributed by atoms with van der Waals surface area (Å²) >= 11 is 1.72. The van der Waals surface area contributed by atoms with Crippen LogP contribution in [0.4, 0.5) is 10.5 Å². The standard InChI is InChI=1S/C18H23N3O3S/c1-23-16-5-3-4-15(17(16)24-2)19-18(22)21-9-7-20(8-10-21)12-14-6-11-25-13-14/h3-6,11,13H,7-10,12H2,1-2H3,(H,19,22). The number of hydrogen-bond acceptors (Lipinski definition) is 5. The van der Waals surface area contributed by atoms with Gasteiger partial charge >= 0.3 is 6.03 Å². The van der Waals surface area contributed by atoms with Gasteiger partial charge in [0.15, 0.2) is 11.5 Å². The molecular weight excluding hydrogens is 338 g/mol. The van der Waals surface area contributed by atoms with Crippen LogP contribution in [0.2, 0.25) is 0 Å². The van der Waals surface area contributed by atoms with Crippen LogP contribution in [0.25, 0.3) is 0 Å². The second kappa shape index (κ2) is 8.22. The predicted molar refractivity (Wildman–Crippen MR) is 99.7 cm³/mol. The fourth-order valence-corrected chi connectivity index (χ4v) is 3.59. The van der Waals surface area contributed by atoms with Crippen molar-refractivity contribution in [3.63, 3.8) is 0 Å². The van der Waals surface area contributed by atoms with Gasteiger partial charge < -0.3 is 19.7 Å². The van der Waals surface area contributed by atoms with Gasteiger partial charge in [0.25, 0.3) is 0 Å². The maximum Gasteiger partial charge on any atom is 0.322 e. The van der Waals surface area contributed by atoms with E-state index in [-0.39, 0.29) is 6.03 Å². The summed E-state index contributed by atoms with van der Waals surface area (Å²) in [5, 5.41) is 7.20. The van der Waals surface area contributed by atoms with Crippen molar-refractivity contribution in [3.05, 3.63) is 40.6 Å². The summed E-state index contributed by atoms with van der Waals surface area (Å²) in [6.07, 6.45) is 0. The normalized spacial score (nSPS) is 15.0. The molecule has 1 saturated heterocycles. The number of hydrogen-bond donors (Lipinski definition) is 1. The maximum absolute atomic E-state index is 12.6. The van der Waals surface area contributed by atoms with E-state index in [4.69, 9.17) is 9.47 Å². The average molecular weight is 361 g/mol. The van der Waals surface area contributed by atoms with Crippen LogP contribution in [-0.2, 0) is 6.54 Å². The van der Waals surface area contributed by atoms with Gasteiger partial charge in [-0.2, -0.15) is 11.3 Å². The number of carbonyl (C=O) groups is 1. The van der Waals surface area contributed by atoms with Gasteiger partial charge in [0, 0.05) is 32.7 Å². The number of para-hydroxylation sites is 1. The van der Waals surface area contributed by atoms with Crippen LogP contribution in [0, 0.1) is 0 Å². The van der Waals surface area contributed by atoms with E-state index in [0.29, 0.717) is 30.3 Å². The Bertz CT molecular complexity index is 698. The molecule has 0 atom stereocenters. The van der Waals surface area contributed by atoms with Crippen LogP contribution in [0.15, 0.2) is 35.0 Å². The molecule has 2 heterocycles. The minimum Gasteiger partial charge on any atom is -0.493 e. The first kappa shape index (κ1) is 17.6. The number of anilines is 1. The molecule has 1 fully saturated rings. The molecule has 2 aromatic rings. The molecular formula is C18H23N3O3S. The Morgan fingerprint density at radius 3 is 2.60 bits per heavy atom. The van der Waals surface area contributed by atoms with E-state index in [2.05, 4.69) is 27.0 Å². The number of piperazine rings is 1. The largest absolute Gasteiger partial charge is 0.493 e. The van der Waals surface area contributed by atoms with E-state index < -0.39 is 0 Å². The van der Waals surface area contributed by atoms with Gasteiger partial charge in [-0.05, 0) is 34.5 Å². The first-order chi connectivity index (χ1) is 12.2. The van der Waals surface area contributed by atoms with Crippen molar-refractivity contribution in [3.8, 4) is 11.5 Å². The van der Waals surface area contributed by atoms with Gasteiger partial charge in [-0.1, -0.05) is 6.07 Å². The van der Waals surface area contributed by atoms with E-state index in [1.165, 1.54) is 5.56 Å². The van der Waals surface area contributed by atoms with Gasteiger partial charge in [-0.25, -0.2) is 4.79 Å². The summed E-state index contributed by atoms with van der Waals surface area (Å²) in [6, 6.07) is 7.49. The molecule has 6 nitrogen and oxygen atoms in total. The maximum atomic E-state index is 12.6. The summed E-state index contributed by atoms with van der Waals surface area (Å²) in [7, 11) is 3.15. The molecule has 1 N–H and O–H groups in total. The molecule has 1 aliphatic rings. The molecule has 1 aromatic carbocycles. The Balaban J connectivity index is 1.56. The van der Waals surface area contributed by atoms with Crippen molar-refractivity contribution in [2.75, 3.05) is 45.7 Å². The lowest BCUT2D eigenvalue weighted by Crippen LogP contribution is -2.49. The zero-order valence-corrected chi connectivity index (χ0v) is 15.3. The van der Waals surface area contributed by atoms with Gasteiger partial charge in [0.2, 0.25) is 0 Å². The summed E-state index contributed by atoms with van der Waals surface area (Å²) in [6.45, 7) is 4.12. The fraction of sp³-hybridized carbons (Fsp3) is 0.389. The number of benzene rings is 1. The number of nitrogens with zero attached hydrogens (tertiary/aromatic N) is 2. The lowest BCUT2D eigenvalue weighted by molar-refractivity contribution is 0.143. The van der Waals surface area contributed by atoms with Crippen LogP contribution in [0.1, 0.15) is 5.56 Å². The van der Waals surface area contributed by atoms with E-state index in [9.17, 15) is 4.79 Å². The molecule has 25 heavy (non-hydrogen) atoms. The van der Waals surface area contributed by atoms with E-state index >= 15 is 0 Å². The van der Waals surface area contributed by atoms with Crippen LogP contribution in [-0.4, -0.2) is 56.2 Å². The average Bonchev–Trinajstić information content (AvgIpc) is 3.15. The molecule has 0 saturated carbocycles. The highest BCUT2D eigenvalue weighted by Gasteiger charge is 2.22. The predicted octanol–water partition coefficient (Wildman–Crippen LogP) is 3.12. The second-order valence-electron chi connectivity index (χ2n) is 5.87. The van der Waals surface area contributed by atoms with Crippen LogP contribution >= 0.6 is 11.3 Å². The SMILES string of the molecule is COc1cccc(NC(=O)N2CCN(Cc3ccsc3)CC2)c1OC. The first-order valence-corrected chi connectivity index (χ1v) is 9.16. The summed E-state index contributed by atoms with van der Waals surface area (Å²) in [4.78, 5) is 16.8. The molecule has 1 aliphatic heterocycles. The lowest BCUT2D eigenvalue weighted by atomic mass is 10.2. The zero-order valence-electron chi connectivity index (χ0n) is 14.5. The Kier molecular flexibility index (Phi) is 5.78. The lowest BCUT2D eigenvalue weighted by Gasteiger charge is -2.34. The molecule has 0 spiro atoms. The third-order valence-electron chi connectivity index (χ3n) is 4.29. The first-order valence-electron chi connectivity index (χ1n) is 8.21. The number of rotatable bonds is 5. The van der Waals surface area contributed by atoms with Crippen molar-refractivity contribution >= 4 is 23.1 Å². The highest BCUT2D eigenvalue weighted by molar-refractivity contribution is 7.07. The summed E-state index contributed by atoms with van der Waals surface area (Å²) < 4.78 is 10.6. The minimum absolute atomic E-state index is 0.110. The van der Waals surface area contributed by atoms with Crippen LogP contribution < -0.4 is 14.8 Å². The summed E-state index contributed by atoms with van der Waals surface area (Å²) in [5.74, 6) is 1.13. The number of ether oxygens (including phenoxy) is 2. The number of urea groups is 1. The monoisotopic (exact) mass is 361 g/mol. The number of carbonyl (C=O) groups excluding carboxylic acids is 1. The van der Waals surface area contributed by atoms with Crippen LogP contribution in [0.3, 0.4) is 0 Å². The van der Waals surface area contributed by atoms with E-state index in [1.807, 2.05) is 17.0 Å². The number of methoxy groups -OCH3 is 2. The molecule has 134 valence electrons. The quantitative estimate of drug-likeness (QED) is 0.889. The van der Waals surface area contributed by atoms with Gasteiger partial charge in [-0.15, -0.1) is 0 Å². The molecule has 0 radical (unpaired) electrons. The Morgan fingerprint density at radius 2 is 1.96 bits per heavy atom. The van der Waals surface area contributed by atoms with Crippen molar-refractivity contribution in [1.29, 1.82) is 0 Å². The topological polar surface area (TPSA) is 54.0 Å².